The molecule has 0 aliphatic carbocycles. The monoisotopic (exact) mass is 328 g/mol. The zero-order valence-corrected chi connectivity index (χ0v) is 13.5. The van der Waals surface area contributed by atoms with Gasteiger partial charge in [0, 0.05) is 44.9 Å². The van der Waals surface area contributed by atoms with E-state index in [1.807, 2.05) is 4.90 Å². The smallest absolute Gasteiger partial charge is 0.273 e. The van der Waals surface area contributed by atoms with Gasteiger partial charge in [-0.2, -0.15) is 0 Å². The van der Waals surface area contributed by atoms with E-state index in [0.29, 0.717) is 13.0 Å². The molecule has 8 heteroatoms. The molecule has 0 unspecified atom stereocenters. The quantitative estimate of drug-likeness (QED) is 0.866. The van der Waals surface area contributed by atoms with Crippen molar-refractivity contribution in [2.75, 3.05) is 31.6 Å². The van der Waals surface area contributed by atoms with E-state index in [-0.39, 0.29) is 18.1 Å². The third-order valence-electron chi connectivity index (χ3n) is 4.09. The number of aromatic nitrogens is 4. The fourth-order valence-electron chi connectivity index (χ4n) is 3.01. The number of rotatable bonds is 4. The standard InChI is InChI=1S/C16H20N6O2/c1-21(15(23)13-9-17-4-6-19-13)11-16(24)3-2-8-22(12-16)14-10-18-5-7-20-14/h4-7,9-10,24H,2-3,8,11-12H2,1H3/t16-/m1/s1. The molecule has 1 aliphatic heterocycles. The van der Waals surface area contributed by atoms with Crippen molar-refractivity contribution in [1.29, 1.82) is 0 Å². The van der Waals surface area contributed by atoms with Gasteiger partial charge in [0.15, 0.2) is 0 Å². The summed E-state index contributed by atoms with van der Waals surface area (Å²) in [6, 6.07) is 0. The molecule has 1 saturated heterocycles. The molecule has 24 heavy (non-hydrogen) atoms. The van der Waals surface area contributed by atoms with E-state index >= 15 is 0 Å². The van der Waals surface area contributed by atoms with Crippen LogP contribution >= 0.6 is 0 Å². The molecule has 8 nitrogen and oxygen atoms in total. The van der Waals surface area contributed by atoms with Gasteiger partial charge in [0.05, 0.1) is 24.5 Å². The molecule has 126 valence electrons. The van der Waals surface area contributed by atoms with Crippen molar-refractivity contribution < 1.29 is 9.90 Å². The van der Waals surface area contributed by atoms with Gasteiger partial charge in [0.25, 0.3) is 5.91 Å². The van der Waals surface area contributed by atoms with Crippen molar-refractivity contribution in [3.05, 3.63) is 42.9 Å². The van der Waals surface area contributed by atoms with Crippen molar-refractivity contribution in [1.82, 2.24) is 24.8 Å². The minimum Gasteiger partial charge on any atom is -0.386 e. The first-order chi connectivity index (χ1) is 11.6. The van der Waals surface area contributed by atoms with Crippen molar-refractivity contribution in [2.24, 2.45) is 0 Å². The number of amides is 1. The van der Waals surface area contributed by atoms with Crippen molar-refractivity contribution in [2.45, 2.75) is 18.4 Å². The lowest BCUT2D eigenvalue weighted by Crippen LogP contribution is -2.55. The van der Waals surface area contributed by atoms with Crippen LogP contribution in [0.3, 0.4) is 0 Å². The van der Waals surface area contributed by atoms with Crippen molar-refractivity contribution in [3.63, 3.8) is 0 Å². The summed E-state index contributed by atoms with van der Waals surface area (Å²) in [4.78, 5) is 32.2. The van der Waals surface area contributed by atoms with Gasteiger partial charge in [-0.25, -0.2) is 9.97 Å². The first-order valence-electron chi connectivity index (χ1n) is 7.82. The number of carbonyl (C=O) groups excluding carboxylic acids is 1. The van der Waals surface area contributed by atoms with Crippen LogP contribution in [0.2, 0.25) is 0 Å². The van der Waals surface area contributed by atoms with Crippen LogP contribution in [0, 0.1) is 0 Å². The highest BCUT2D eigenvalue weighted by Crippen LogP contribution is 2.25. The van der Waals surface area contributed by atoms with Gasteiger partial charge in [-0.3, -0.25) is 14.8 Å². The summed E-state index contributed by atoms with van der Waals surface area (Å²) < 4.78 is 0. The molecule has 2 aromatic rings. The molecule has 2 aromatic heterocycles. The van der Waals surface area contributed by atoms with Gasteiger partial charge >= 0.3 is 0 Å². The first kappa shape index (κ1) is 16.3. The van der Waals surface area contributed by atoms with Crippen LogP contribution in [0.25, 0.3) is 0 Å². The number of anilines is 1. The average molecular weight is 328 g/mol. The molecule has 0 spiro atoms. The van der Waals surface area contributed by atoms with Crippen LogP contribution in [0.5, 0.6) is 0 Å². The van der Waals surface area contributed by atoms with E-state index < -0.39 is 5.60 Å². The Kier molecular flexibility index (Phi) is 4.66. The van der Waals surface area contributed by atoms with Gasteiger partial charge in [-0.05, 0) is 12.8 Å². The molecular formula is C16H20N6O2. The molecule has 0 radical (unpaired) electrons. The highest BCUT2D eigenvalue weighted by atomic mass is 16.3. The van der Waals surface area contributed by atoms with E-state index in [2.05, 4.69) is 19.9 Å². The molecule has 0 aromatic carbocycles. The molecule has 3 rings (SSSR count). The molecule has 1 amide bonds. The van der Waals surface area contributed by atoms with Crippen LogP contribution in [-0.2, 0) is 0 Å². The van der Waals surface area contributed by atoms with E-state index in [1.54, 1.807) is 25.6 Å². The molecule has 0 saturated carbocycles. The second-order valence-electron chi connectivity index (χ2n) is 6.06. The maximum atomic E-state index is 12.4. The van der Waals surface area contributed by atoms with Gasteiger partial charge in [0.1, 0.15) is 11.5 Å². The Morgan fingerprint density at radius 1 is 1.25 bits per heavy atom. The summed E-state index contributed by atoms with van der Waals surface area (Å²) in [7, 11) is 1.66. The summed E-state index contributed by atoms with van der Waals surface area (Å²) >= 11 is 0. The van der Waals surface area contributed by atoms with Gasteiger partial charge in [-0.1, -0.05) is 0 Å². The molecular weight excluding hydrogens is 308 g/mol. The number of hydrogen-bond donors (Lipinski definition) is 1. The van der Waals surface area contributed by atoms with Crippen LogP contribution in [0.4, 0.5) is 5.82 Å². The van der Waals surface area contributed by atoms with Crippen molar-refractivity contribution >= 4 is 11.7 Å². The Bertz CT molecular complexity index is 683. The fourth-order valence-corrected chi connectivity index (χ4v) is 3.01. The summed E-state index contributed by atoms with van der Waals surface area (Å²) in [6.07, 6.45) is 10.8. The second-order valence-corrected chi connectivity index (χ2v) is 6.06. The maximum Gasteiger partial charge on any atom is 0.273 e. The fraction of sp³-hybridized carbons (Fsp3) is 0.438. The number of aliphatic hydroxyl groups is 1. The minimum absolute atomic E-state index is 0.221. The summed E-state index contributed by atoms with van der Waals surface area (Å²) in [5, 5.41) is 10.9. The van der Waals surface area contributed by atoms with Gasteiger partial charge in [0.2, 0.25) is 0 Å². The van der Waals surface area contributed by atoms with Crippen LogP contribution in [0.15, 0.2) is 37.2 Å². The topological polar surface area (TPSA) is 95.3 Å². The minimum atomic E-state index is -0.998. The number of nitrogens with zero attached hydrogens (tertiary/aromatic N) is 6. The number of hydrogen-bond acceptors (Lipinski definition) is 7. The predicted octanol–water partition coefficient (Wildman–Crippen LogP) is 0.370. The Morgan fingerprint density at radius 2 is 2.00 bits per heavy atom. The van der Waals surface area contributed by atoms with E-state index in [9.17, 15) is 9.90 Å². The third kappa shape index (κ3) is 3.65. The number of piperidine rings is 1. The first-order valence-corrected chi connectivity index (χ1v) is 7.82. The molecule has 0 bridgehead atoms. The molecule has 1 aliphatic rings. The summed E-state index contributed by atoms with van der Waals surface area (Å²) in [5.41, 5.74) is -0.729. The second kappa shape index (κ2) is 6.88. The Balaban J connectivity index is 1.68. The Hall–Kier alpha value is -2.61. The normalized spacial score (nSPS) is 20.7. The largest absolute Gasteiger partial charge is 0.386 e. The number of β-amino-alcohol motifs (C(OH)–C–C–N with tert-alkyl or cyclic N) is 1. The van der Waals surface area contributed by atoms with Crippen LogP contribution in [0.1, 0.15) is 23.3 Å². The zero-order valence-electron chi connectivity index (χ0n) is 13.5. The molecule has 1 atom stereocenters. The Labute approximate surface area is 140 Å². The van der Waals surface area contributed by atoms with Crippen LogP contribution in [-0.4, -0.2) is 68.1 Å². The highest BCUT2D eigenvalue weighted by molar-refractivity contribution is 5.91. The summed E-state index contributed by atoms with van der Waals surface area (Å²) in [6.45, 7) is 1.44. The molecule has 3 heterocycles. The predicted molar refractivity (Wildman–Crippen MR) is 87.4 cm³/mol. The Morgan fingerprint density at radius 3 is 2.67 bits per heavy atom. The number of likely N-dealkylation sites (N-methyl/N-ethyl adjacent to an activating group) is 1. The maximum absolute atomic E-state index is 12.4. The average Bonchev–Trinajstić information content (AvgIpc) is 2.62. The lowest BCUT2D eigenvalue weighted by atomic mass is 9.92. The summed E-state index contributed by atoms with van der Waals surface area (Å²) in [5.74, 6) is 0.478. The third-order valence-corrected chi connectivity index (χ3v) is 4.09. The van der Waals surface area contributed by atoms with Gasteiger partial charge < -0.3 is 14.9 Å². The van der Waals surface area contributed by atoms with Crippen LogP contribution < -0.4 is 4.90 Å². The SMILES string of the molecule is CN(C[C@]1(O)CCCN(c2cnccn2)C1)C(=O)c1cnccn1. The molecule has 1 fully saturated rings. The highest BCUT2D eigenvalue weighted by Gasteiger charge is 2.36. The van der Waals surface area contributed by atoms with Crippen molar-refractivity contribution in [3.8, 4) is 0 Å². The lowest BCUT2D eigenvalue weighted by Gasteiger charge is -2.41. The van der Waals surface area contributed by atoms with E-state index in [1.165, 1.54) is 23.5 Å². The lowest BCUT2D eigenvalue weighted by molar-refractivity contribution is -0.000302. The van der Waals surface area contributed by atoms with E-state index in [4.69, 9.17) is 0 Å². The van der Waals surface area contributed by atoms with E-state index in [0.717, 1.165) is 18.8 Å². The number of carbonyl (C=O) groups is 1. The molecule has 1 N–H and O–H groups in total. The van der Waals surface area contributed by atoms with Gasteiger partial charge in [-0.15, -0.1) is 0 Å². The zero-order chi connectivity index (χ0) is 17.0.